The van der Waals surface area contributed by atoms with E-state index in [0.717, 1.165) is 0 Å². The number of aliphatic hydroxyl groups excluding tert-OH is 1. The van der Waals surface area contributed by atoms with Crippen LogP contribution in [0.4, 0.5) is 0 Å². The molecule has 3 aromatic rings. The molecule has 2 aromatic carbocycles. The number of methoxy groups -OCH3 is 2. The molecule has 0 saturated carbocycles. The summed E-state index contributed by atoms with van der Waals surface area (Å²) in [5, 5.41) is 20.3. The van der Waals surface area contributed by atoms with Gasteiger partial charge in [0.25, 0.3) is 0 Å². The molecule has 4 rings (SSSR count). The minimum atomic E-state index is -0.750. The maximum Gasteiger partial charge on any atom is 0.200 e. The molecule has 1 aliphatic rings. The topological polar surface area (TPSA) is 108 Å². The highest BCUT2D eigenvalue weighted by molar-refractivity contribution is 5.80. The minimum Gasteiger partial charge on any atom is -0.502 e. The van der Waals surface area contributed by atoms with Crippen molar-refractivity contribution in [2.45, 2.75) is 12.2 Å². The Bertz CT molecular complexity index is 1060. The van der Waals surface area contributed by atoms with Gasteiger partial charge < -0.3 is 33.6 Å². The summed E-state index contributed by atoms with van der Waals surface area (Å²) >= 11 is 0. The van der Waals surface area contributed by atoms with E-state index in [1.54, 1.807) is 18.2 Å². The normalized spacial score (nSPS) is 18.1. The number of rotatable bonds is 4. The first-order chi connectivity index (χ1) is 13.5. The molecule has 1 aromatic heterocycles. The van der Waals surface area contributed by atoms with Crippen molar-refractivity contribution in [1.82, 2.24) is 0 Å². The number of phenolic OH excluding ortho intramolecular Hbond substituents is 1. The van der Waals surface area contributed by atoms with Gasteiger partial charge in [0.1, 0.15) is 5.58 Å². The first-order valence-corrected chi connectivity index (χ1v) is 8.50. The molecule has 8 nitrogen and oxygen atoms in total. The first-order valence-electron chi connectivity index (χ1n) is 8.50. The summed E-state index contributed by atoms with van der Waals surface area (Å²) in [6, 6.07) is 7.59. The molecule has 28 heavy (non-hydrogen) atoms. The highest BCUT2D eigenvalue weighted by atomic mass is 16.6. The van der Waals surface area contributed by atoms with E-state index in [1.807, 2.05) is 0 Å². The van der Waals surface area contributed by atoms with Crippen LogP contribution < -0.4 is 24.4 Å². The fourth-order valence-corrected chi connectivity index (χ4v) is 3.21. The molecule has 8 heteroatoms. The molecule has 0 fully saturated rings. The fraction of sp³-hybridized carbons (Fsp3) is 0.250. The number of hydrogen-bond acceptors (Lipinski definition) is 8. The lowest BCUT2D eigenvalue weighted by Gasteiger charge is -2.33. The van der Waals surface area contributed by atoms with Crippen LogP contribution in [0.25, 0.3) is 11.0 Å². The molecule has 2 atom stereocenters. The SMILES string of the molecule is COc1cc([C@H]2Oc3cc4occc(=O)c4cc3O[C@@H]2CO)cc(OC)c1O. The second-order valence-electron chi connectivity index (χ2n) is 6.23. The number of aliphatic hydroxyl groups is 1. The number of benzene rings is 2. The number of phenols is 1. The number of fused-ring (bicyclic) bond motifs is 2. The van der Waals surface area contributed by atoms with Crippen molar-refractivity contribution in [3.05, 3.63) is 52.4 Å². The Morgan fingerprint density at radius 1 is 1.04 bits per heavy atom. The summed E-state index contributed by atoms with van der Waals surface area (Å²) in [6.45, 7) is -0.336. The second kappa shape index (κ2) is 6.97. The maximum absolute atomic E-state index is 12.0. The molecule has 146 valence electrons. The van der Waals surface area contributed by atoms with E-state index >= 15 is 0 Å². The van der Waals surface area contributed by atoms with Gasteiger partial charge in [0.15, 0.2) is 40.6 Å². The van der Waals surface area contributed by atoms with E-state index in [-0.39, 0.29) is 29.3 Å². The lowest BCUT2D eigenvalue weighted by atomic mass is 10.0. The lowest BCUT2D eigenvalue weighted by molar-refractivity contribution is -0.0123. The summed E-state index contributed by atoms with van der Waals surface area (Å²) < 4.78 is 27.7. The van der Waals surface area contributed by atoms with Crippen LogP contribution in [0.1, 0.15) is 11.7 Å². The molecule has 0 spiro atoms. The molecular weight excluding hydrogens is 368 g/mol. The molecule has 0 radical (unpaired) electrons. The van der Waals surface area contributed by atoms with Crippen molar-refractivity contribution in [2.24, 2.45) is 0 Å². The number of ether oxygens (including phenoxy) is 4. The van der Waals surface area contributed by atoms with E-state index in [1.165, 1.54) is 32.6 Å². The van der Waals surface area contributed by atoms with Crippen LogP contribution in [0.5, 0.6) is 28.7 Å². The molecule has 0 aliphatic carbocycles. The van der Waals surface area contributed by atoms with Crippen LogP contribution in [0, 0.1) is 0 Å². The van der Waals surface area contributed by atoms with Crippen molar-refractivity contribution in [3.8, 4) is 28.7 Å². The molecule has 0 unspecified atom stereocenters. The van der Waals surface area contributed by atoms with Gasteiger partial charge in [0.05, 0.1) is 32.5 Å². The van der Waals surface area contributed by atoms with Crippen molar-refractivity contribution < 1.29 is 33.6 Å². The number of hydrogen-bond donors (Lipinski definition) is 2. The van der Waals surface area contributed by atoms with E-state index < -0.39 is 12.2 Å². The average molecular weight is 386 g/mol. The Morgan fingerprint density at radius 3 is 2.36 bits per heavy atom. The summed E-state index contributed by atoms with van der Waals surface area (Å²) in [5.41, 5.74) is 0.728. The quantitative estimate of drug-likeness (QED) is 0.704. The third-order valence-electron chi connectivity index (χ3n) is 4.61. The van der Waals surface area contributed by atoms with E-state index in [4.69, 9.17) is 23.4 Å². The Kier molecular flexibility index (Phi) is 4.48. The Balaban J connectivity index is 1.81. The summed E-state index contributed by atoms with van der Waals surface area (Å²) in [5.74, 6) is 0.954. The third kappa shape index (κ3) is 2.87. The molecular formula is C20H18O8. The summed E-state index contributed by atoms with van der Waals surface area (Å²) in [4.78, 5) is 12.0. The van der Waals surface area contributed by atoms with Gasteiger partial charge in [-0.2, -0.15) is 0 Å². The van der Waals surface area contributed by atoms with Crippen molar-refractivity contribution in [3.63, 3.8) is 0 Å². The van der Waals surface area contributed by atoms with Crippen molar-refractivity contribution >= 4 is 11.0 Å². The molecule has 1 aliphatic heterocycles. The zero-order valence-corrected chi connectivity index (χ0v) is 15.2. The second-order valence-corrected chi connectivity index (χ2v) is 6.23. The predicted molar refractivity (Wildman–Crippen MR) is 98.6 cm³/mol. The Hall–Kier alpha value is -3.39. The first kappa shape index (κ1) is 18.0. The van der Waals surface area contributed by atoms with E-state index in [9.17, 15) is 15.0 Å². The Morgan fingerprint density at radius 2 is 1.71 bits per heavy atom. The van der Waals surface area contributed by atoms with Gasteiger partial charge >= 0.3 is 0 Å². The maximum atomic E-state index is 12.0. The molecule has 0 bridgehead atoms. The van der Waals surface area contributed by atoms with Gasteiger partial charge in [0, 0.05) is 17.7 Å². The van der Waals surface area contributed by atoms with Crippen LogP contribution in [0.2, 0.25) is 0 Å². The standard InChI is InChI=1S/C20H18O8/c1-24-16-5-10(6-17(25-2)19(16)23)20-18(9-21)27-14-7-11-12(22)3-4-26-13(11)8-15(14)28-20/h3-8,18,20-21,23H,9H2,1-2H3/t18-,20-/m1/s1. The van der Waals surface area contributed by atoms with Gasteiger partial charge in [-0.25, -0.2) is 0 Å². The van der Waals surface area contributed by atoms with E-state index in [2.05, 4.69) is 0 Å². The van der Waals surface area contributed by atoms with Gasteiger partial charge in [-0.05, 0) is 18.2 Å². The summed E-state index contributed by atoms with van der Waals surface area (Å²) in [7, 11) is 2.84. The highest BCUT2D eigenvalue weighted by Gasteiger charge is 2.34. The average Bonchev–Trinajstić information content (AvgIpc) is 2.72. The molecule has 0 saturated heterocycles. The smallest absolute Gasteiger partial charge is 0.200 e. The van der Waals surface area contributed by atoms with Crippen molar-refractivity contribution in [1.29, 1.82) is 0 Å². The van der Waals surface area contributed by atoms with Gasteiger partial charge in [-0.3, -0.25) is 4.79 Å². The van der Waals surface area contributed by atoms with E-state index in [0.29, 0.717) is 28.0 Å². The number of aromatic hydroxyl groups is 1. The fourth-order valence-electron chi connectivity index (χ4n) is 3.21. The van der Waals surface area contributed by atoms with Crippen LogP contribution >= 0.6 is 0 Å². The predicted octanol–water partition coefficient (Wildman–Crippen LogP) is 2.39. The van der Waals surface area contributed by atoms with Crippen LogP contribution in [-0.2, 0) is 0 Å². The van der Waals surface area contributed by atoms with Crippen molar-refractivity contribution in [2.75, 3.05) is 20.8 Å². The highest BCUT2D eigenvalue weighted by Crippen LogP contribution is 2.45. The summed E-state index contributed by atoms with van der Waals surface area (Å²) in [6.07, 6.45) is -0.154. The van der Waals surface area contributed by atoms with Crippen LogP contribution in [0.15, 0.2) is 45.8 Å². The zero-order valence-electron chi connectivity index (χ0n) is 15.2. The van der Waals surface area contributed by atoms with Crippen LogP contribution in [0.3, 0.4) is 0 Å². The Labute approximate surface area is 159 Å². The zero-order chi connectivity index (χ0) is 19.8. The van der Waals surface area contributed by atoms with Gasteiger partial charge in [-0.15, -0.1) is 0 Å². The third-order valence-corrected chi connectivity index (χ3v) is 4.61. The molecule has 2 N–H and O–H groups in total. The lowest BCUT2D eigenvalue weighted by Crippen LogP contribution is -2.36. The molecule has 2 heterocycles. The molecule has 0 amide bonds. The minimum absolute atomic E-state index is 0.140. The van der Waals surface area contributed by atoms with Gasteiger partial charge in [-0.1, -0.05) is 0 Å². The monoisotopic (exact) mass is 386 g/mol. The van der Waals surface area contributed by atoms with Gasteiger partial charge in [0.2, 0.25) is 5.75 Å². The largest absolute Gasteiger partial charge is 0.502 e. The van der Waals surface area contributed by atoms with Crippen LogP contribution in [-0.4, -0.2) is 37.1 Å².